The van der Waals surface area contributed by atoms with Crippen molar-refractivity contribution in [3.63, 3.8) is 0 Å². The van der Waals surface area contributed by atoms with Crippen LogP contribution in [0.25, 0.3) is 11.1 Å². The Hall–Kier alpha value is -3.34. The molecule has 0 saturated heterocycles. The summed E-state index contributed by atoms with van der Waals surface area (Å²) in [7, 11) is 0. The lowest BCUT2D eigenvalue weighted by atomic mass is 10.0. The van der Waals surface area contributed by atoms with Crippen LogP contribution in [-0.4, -0.2) is 22.7 Å². The summed E-state index contributed by atoms with van der Waals surface area (Å²) in [6.07, 6.45) is 6.82. The van der Waals surface area contributed by atoms with Crippen molar-refractivity contribution in [3.8, 4) is 22.8 Å². The van der Waals surface area contributed by atoms with Gasteiger partial charge in [0.15, 0.2) is 0 Å². The number of nitrogens with zero attached hydrogens (tertiary/aromatic N) is 1. The molecule has 0 aliphatic heterocycles. The van der Waals surface area contributed by atoms with E-state index in [0.29, 0.717) is 24.3 Å². The number of carboxylic acid groups (broad SMARTS) is 1. The minimum absolute atomic E-state index is 0.277. The van der Waals surface area contributed by atoms with Crippen LogP contribution in [0.2, 0.25) is 0 Å². The van der Waals surface area contributed by atoms with Crippen LogP contribution in [0.3, 0.4) is 0 Å². The van der Waals surface area contributed by atoms with Gasteiger partial charge in [0.2, 0.25) is 5.88 Å². The highest BCUT2D eigenvalue weighted by Crippen LogP contribution is 2.43. The summed E-state index contributed by atoms with van der Waals surface area (Å²) in [4.78, 5) is 15.5. The molecule has 0 radical (unpaired) electrons. The van der Waals surface area contributed by atoms with Crippen LogP contribution >= 0.6 is 0 Å². The Morgan fingerprint density at radius 3 is 2.39 bits per heavy atom. The molecule has 2 aromatic carbocycles. The van der Waals surface area contributed by atoms with Gasteiger partial charge in [0.1, 0.15) is 12.4 Å². The molecule has 0 unspecified atom stereocenters. The van der Waals surface area contributed by atoms with Crippen LogP contribution in [0.5, 0.6) is 11.6 Å². The Bertz CT molecular complexity index is 1070. The first-order chi connectivity index (χ1) is 15.1. The summed E-state index contributed by atoms with van der Waals surface area (Å²) >= 11 is 0. The van der Waals surface area contributed by atoms with Crippen molar-refractivity contribution in [2.24, 2.45) is 5.92 Å². The molecule has 31 heavy (non-hydrogen) atoms. The van der Waals surface area contributed by atoms with Crippen molar-refractivity contribution < 1.29 is 19.4 Å². The predicted molar refractivity (Wildman–Crippen MR) is 118 cm³/mol. The minimum Gasteiger partial charge on any atom is -0.489 e. The van der Waals surface area contributed by atoms with Crippen molar-refractivity contribution in [1.82, 2.24) is 4.98 Å². The summed E-state index contributed by atoms with van der Waals surface area (Å²) in [5.74, 6) is 1.88. The van der Waals surface area contributed by atoms with E-state index in [9.17, 15) is 4.79 Å². The molecule has 1 heterocycles. The van der Waals surface area contributed by atoms with Gasteiger partial charge >= 0.3 is 5.97 Å². The van der Waals surface area contributed by atoms with Gasteiger partial charge in [0.25, 0.3) is 0 Å². The summed E-state index contributed by atoms with van der Waals surface area (Å²) in [5.41, 5.74) is 4.63. The van der Waals surface area contributed by atoms with E-state index >= 15 is 0 Å². The molecule has 5 heteroatoms. The monoisotopic (exact) mass is 415 g/mol. The molecule has 0 atom stereocenters. The normalized spacial score (nSPS) is 15.5. The van der Waals surface area contributed by atoms with E-state index in [4.69, 9.17) is 14.6 Å². The SMILES string of the molecule is O=C(O)c1ccc(COc2cc(-c3ccc(OCC4CC4)nc3)cc(C3CC3)c2)cc1. The van der Waals surface area contributed by atoms with Crippen LogP contribution in [0, 0.1) is 5.92 Å². The number of carbonyl (C=O) groups is 1. The summed E-state index contributed by atoms with van der Waals surface area (Å²) in [6.45, 7) is 1.15. The molecule has 2 saturated carbocycles. The van der Waals surface area contributed by atoms with Crippen LogP contribution in [0.15, 0.2) is 60.8 Å². The predicted octanol–water partition coefficient (Wildman–Crippen LogP) is 5.69. The lowest BCUT2D eigenvalue weighted by molar-refractivity contribution is 0.0697. The van der Waals surface area contributed by atoms with E-state index in [0.717, 1.165) is 29.0 Å². The van der Waals surface area contributed by atoms with Gasteiger partial charge in [-0.1, -0.05) is 18.2 Å². The third kappa shape index (κ3) is 5.05. The number of rotatable bonds is 9. The first-order valence-electron chi connectivity index (χ1n) is 10.8. The second-order valence-corrected chi connectivity index (χ2v) is 8.50. The van der Waals surface area contributed by atoms with Crippen molar-refractivity contribution >= 4 is 5.97 Å². The molecule has 1 aromatic heterocycles. The molecule has 0 spiro atoms. The highest BCUT2D eigenvalue weighted by Gasteiger charge is 2.25. The fourth-order valence-corrected chi connectivity index (χ4v) is 3.56. The molecule has 158 valence electrons. The van der Waals surface area contributed by atoms with Crippen LogP contribution in [0.1, 0.15) is 53.1 Å². The quantitative estimate of drug-likeness (QED) is 0.486. The number of carboxylic acids is 1. The molecule has 2 fully saturated rings. The van der Waals surface area contributed by atoms with E-state index in [1.165, 1.54) is 31.2 Å². The Balaban J connectivity index is 1.31. The van der Waals surface area contributed by atoms with E-state index in [2.05, 4.69) is 23.2 Å². The van der Waals surface area contributed by atoms with Crippen LogP contribution < -0.4 is 9.47 Å². The highest BCUT2D eigenvalue weighted by molar-refractivity contribution is 5.87. The van der Waals surface area contributed by atoms with Gasteiger partial charge in [-0.2, -0.15) is 0 Å². The maximum Gasteiger partial charge on any atom is 0.335 e. The minimum atomic E-state index is -0.924. The van der Waals surface area contributed by atoms with Gasteiger partial charge in [-0.05, 0) is 84.5 Å². The number of benzene rings is 2. The zero-order valence-corrected chi connectivity index (χ0v) is 17.3. The standard InChI is InChI=1S/C26H25NO4/c28-26(29)20-5-3-18(4-6-20)15-30-24-12-22(19-7-8-19)11-23(13-24)21-9-10-25(27-14-21)31-16-17-1-2-17/h3-6,9-14,17,19H,1-2,7-8,15-16H2,(H,28,29). The van der Waals surface area contributed by atoms with Crippen molar-refractivity contribution in [2.75, 3.05) is 6.61 Å². The Morgan fingerprint density at radius 2 is 1.74 bits per heavy atom. The van der Waals surface area contributed by atoms with Crippen molar-refractivity contribution in [1.29, 1.82) is 0 Å². The zero-order valence-electron chi connectivity index (χ0n) is 17.3. The van der Waals surface area contributed by atoms with Gasteiger partial charge in [-0.25, -0.2) is 9.78 Å². The molecule has 0 bridgehead atoms. The molecule has 5 nitrogen and oxygen atoms in total. The molecular weight excluding hydrogens is 390 g/mol. The maximum atomic E-state index is 11.0. The van der Waals surface area contributed by atoms with Gasteiger partial charge in [0, 0.05) is 17.8 Å². The first kappa shape index (κ1) is 19.6. The fraction of sp³-hybridized carbons (Fsp3) is 0.308. The van der Waals surface area contributed by atoms with E-state index in [1.807, 2.05) is 18.3 Å². The second kappa shape index (κ2) is 8.42. The highest BCUT2D eigenvalue weighted by atomic mass is 16.5. The van der Waals surface area contributed by atoms with Crippen LogP contribution in [0.4, 0.5) is 0 Å². The molecule has 2 aliphatic rings. The number of pyridine rings is 1. The van der Waals surface area contributed by atoms with Crippen LogP contribution in [-0.2, 0) is 6.61 Å². The molecular formula is C26H25NO4. The molecule has 1 N–H and O–H groups in total. The lowest BCUT2D eigenvalue weighted by Crippen LogP contribution is -2.00. The Labute approximate surface area is 181 Å². The average molecular weight is 415 g/mol. The van der Waals surface area contributed by atoms with Gasteiger partial charge in [-0.15, -0.1) is 0 Å². The summed E-state index contributed by atoms with van der Waals surface area (Å²) < 4.78 is 11.8. The maximum absolute atomic E-state index is 11.0. The first-order valence-corrected chi connectivity index (χ1v) is 10.8. The third-order valence-corrected chi connectivity index (χ3v) is 5.82. The van der Waals surface area contributed by atoms with Gasteiger partial charge in [0.05, 0.1) is 12.2 Å². The molecule has 2 aliphatic carbocycles. The number of hydrogen-bond donors (Lipinski definition) is 1. The third-order valence-electron chi connectivity index (χ3n) is 5.82. The van der Waals surface area contributed by atoms with Gasteiger partial charge < -0.3 is 14.6 Å². The largest absolute Gasteiger partial charge is 0.489 e. The number of hydrogen-bond acceptors (Lipinski definition) is 4. The van der Waals surface area contributed by atoms with Gasteiger partial charge in [-0.3, -0.25) is 0 Å². The average Bonchev–Trinajstić information content (AvgIpc) is 3.71. The van der Waals surface area contributed by atoms with E-state index < -0.39 is 5.97 Å². The van der Waals surface area contributed by atoms with Crippen molar-refractivity contribution in [2.45, 2.75) is 38.2 Å². The van der Waals surface area contributed by atoms with E-state index in [1.54, 1.807) is 24.3 Å². The number of ether oxygens (including phenoxy) is 2. The molecule has 5 rings (SSSR count). The lowest BCUT2D eigenvalue weighted by Gasteiger charge is -2.12. The smallest absolute Gasteiger partial charge is 0.335 e. The fourth-order valence-electron chi connectivity index (χ4n) is 3.56. The summed E-state index contributed by atoms with van der Waals surface area (Å²) in [5, 5.41) is 9.04. The second-order valence-electron chi connectivity index (χ2n) is 8.50. The van der Waals surface area contributed by atoms with Crippen molar-refractivity contribution in [3.05, 3.63) is 77.5 Å². The topological polar surface area (TPSA) is 68.7 Å². The van der Waals surface area contributed by atoms with E-state index in [-0.39, 0.29) is 5.56 Å². The molecule has 0 amide bonds. The Kier molecular flexibility index (Phi) is 5.33. The zero-order chi connectivity index (χ0) is 21.2. The summed E-state index contributed by atoms with van der Waals surface area (Å²) in [6, 6.07) is 17.2. The number of aromatic carboxylic acids is 1. The molecule has 3 aromatic rings. The number of aromatic nitrogens is 1. The Morgan fingerprint density at radius 1 is 0.935 bits per heavy atom.